The Morgan fingerprint density at radius 2 is 1.86 bits per heavy atom. The van der Waals surface area contributed by atoms with Crippen molar-refractivity contribution in [3.8, 4) is 17.3 Å². The third-order valence-corrected chi connectivity index (χ3v) is 9.50. The average molecular weight is 604 g/mol. The zero-order chi connectivity index (χ0) is 30.4. The van der Waals surface area contributed by atoms with Crippen molar-refractivity contribution in [1.29, 1.82) is 0 Å². The lowest BCUT2D eigenvalue weighted by molar-refractivity contribution is -0.152. The highest BCUT2D eigenvalue weighted by atomic mass is 19.1. The van der Waals surface area contributed by atoms with E-state index in [1.165, 1.54) is 12.3 Å². The van der Waals surface area contributed by atoms with Crippen LogP contribution < -0.4 is 9.64 Å². The first-order chi connectivity index (χ1) is 21.4. The first-order valence-corrected chi connectivity index (χ1v) is 15.4. The number of pyridine rings is 1. The van der Waals surface area contributed by atoms with Crippen LogP contribution in [0.3, 0.4) is 0 Å². The number of nitrogens with zero attached hydrogens (tertiary/aromatic N) is 5. The number of anilines is 1. The third kappa shape index (κ3) is 4.92. The Balaban J connectivity index is 1.31. The van der Waals surface area contributed by atoms with Gasteiger partial charge in [0.1, 0.15) is 29.5 Å². The van der Waals surface area contributed by atoms with E-state index in [1.807, 2.05) is 4.90 Å². The van der Waals surface area contributed by atoms with Gasteiger partial charge in [0, 0.05) is 30.2 Å². The van der Waals surface area contributed by atoms with Crippen LogP contribution in [0.15, 0.2) is 42.6 Å². The summed E-state index contributed by atoms with van der Waals surface area (Å²) in [6, 6.07) is 9.92. The molecule has 230 valence electrons. The van der Waals surface area contributed by atoms with Crippen LogP contribution in [0.2, 0.25) is 0 Å². The SMILES string of the molecule is CCOC(=O)[C@H]1CCN(c2nc(OCC34CCCN3CCC4)nc3c(F)c(-c4cccc5cccc(F)c45)ncc23)C[C@H]1O. The normalized spacial score (nSPS) is 21.6. The molecule has 2 atom stereocenters. The summed E-state index contributed by atoms with van der Waals surface area (Å²) in [5.74, 6) is -1.92. The van der Waals surface area contributed by atoms with E-state index >= 15 is 8.78 Å². The Morgan fingerprint density at radius 1 is 1.09 bits per heavy atom. The second kappa shape index (κ2) is 11.5. The molecule has 0 radical (unpaired) electrons. The van der Waals surface area contributed by atoms with E-state index in [2.05, 4.69) is 14.9 Å². The molecular weight excluding hydrogens is 568 g/mol. The van der Waals surface area contributed by atoms with Gasteiger partial charge < -0.3 is 19.5 Å². The average Bonchev–Trinajstić information content (AvgIpc) is 3.61. The van der Waals surface area contributed by atoms with Crippen molar-refractivity contribution < 1.29 is 28.2 Å². The van der Waals surface area contributed by atoms with Gasteiger partial charge in [-0.2, -0.15) is 9.97 Å². The number of hydrogen-bond acceptors (Lipinski definition) is 9. The van der Waals surface area contributed by atoms with Gasteiger partial charge in [-0.05, 0) is 63.6 Å². The molecule has 0 aliphatic carbocycles. The number of rotatable bonds is 7. The van der Waals surface area contributed by atoms with Crippen molar-refractivity contribution in [2.24, 2.45) is 5.92 Å². The van der Waals surface area contributed by atoms with Crippen molar-refractivity contribution in [2.45, 2.75) is 50.7 Å². The number of carbonyl (C=O) groups excluding carboxylic acids is 1. The number of fused-ring (bicyclic) bond motifs is 3. The zero-order valence-corrected chi connectivity index (χ0v) is 24.6. The molecule has 3 aliphatic heterocycles. The van der Waals surface area contributed by atoms with Crippen LogP contribution in [0.25, 0.3) is 32.9 Å². The predicted octanol–water partition coefficient (Wildman–Crippen LogP) is 4.88. The standard InChI is InChI=1S/C33H35F2N5O4/c1-2-43-31(42)21-11-16-39(18-25(21)41)30-23-17-36-28(22-9-3-7-20-8-4-10-24(34)26(20)22)27(35)29(23)37-32(38-30)44-19-33-12-5-14-40(33)15-6-13-33/h3-4,7-10,17,21,25,41H,2,5-6,11-16,18-19H2,1H3/t21-,25+/m0/s1. The summed E-state index contributed by atoms with van der Waals surface area (Å²) in [6.45, 7) is 4.88. The number of aliphatic hydroxyl groups excluding tert-OH is 1. The van der Waals surface area contributed by atoms with E-state index in [0.29, 0.717) is 41.7 Å². The zero-order valence-electron chi connectivity index (χ0n) is 24.6. The summed E-state index contributed by atoms with van der Waals surface area (Å²) >= 11 is 0. The molecule has 44 heavy (non-hydrogen) atoms. The minimum absolute atomic E-state index is 0.00227. The number of benzene rings is 2. The van der Waals surface area contributed by atoms with Crippen molar-refractivity contribution in [1.82, 2.24) is 19.9 Å². The van der Waals surface area contributed by atoms with E-state index in [9.17, 15) is 9.90 Å². The Hall–Kier alpha value is -3.96. The van der Waals surface area contributed by atoms with Crippen molar-refractivity contribution >= 4 is 33.5 Å². The number of hydrogen-bond donors (Lipinski definition) is 1. The van der Waals surface area contributed by atoms with Gasteiger partial charge in [-0.25, -0.2) is 8.78 Å². The molecule has 7 rings (SSSR count). The summed E-state index contributed by atoms with van der Waals surface area (Å²) in [6.07, 6.45) is 5.08. The second-order valence-corrected chi connectivity index (χ2v) is 12.0. The van der Waals surface area contributed by atoms with E-state index in [0.717, 1.165) is 38.8 Å². The molecule has 11 heteroatoms. The van der Waals surface area contributed by atoms with Gasteiger partial charge in [-0.15, -0.1) is 0 Å². The van der Waals surface area contributed by atoms with Gasteiger partial charge in [0.25, 0.3) is 0 Å². The molecule has 3 fully saturated rings. The highest BCUT2D eigenvalue weighted by Crippen LogP contribution is 2.40. The molecule has 0 bridgehead atoms. The van der Waals surface area contributed by atoms with E-state index in [4.69, 9.17) is 14.5 Å². The maximum Gasteiger partial charge on any atom is 0.319 e. The largest absolute Gasteiger partial charge is 0.466 e. The van der Waals surface area contributed by atoms with Gasteiger partial charge in [-0.3, -0.25) is 14.7 Å². The summed E-state index contributed by atoms with van der Waals surface area (Å²) in [7, 11) is 0. The molecule has 2 aromatic heterocycles. The Labute approximate surface area is 253 Å². The molecule has 4 aromatic rings. The number of piperidine rings is 1. The Morgan fingerprint density at radius 3 is 2.61 bits per heavy atom. The molecule has 0 amide bonds. The van der Waals surface area contributed by atoms with Crippen molar-refractivity contribution in [2.75, 3.05) is 44.3 Å². The molecule has 0 unspecified atom stereocenters. The summed E-state index contributed by atoms with van der Waals surface area (Å²) < 4.78 is 43.0. The minimum Gasteiger partial charge on any atom is -0.466 e. The Bertz CT molecular complexity index is 1720. The molecule has 9 nitrogen and oxygen atoms in total. The number of ether oxygens (including phenoxy) is 2. The molecule has 5 heterocycles. The number of aliphatic hydroxyl groups is 1. The number of β-amino-alcohol motifs (C(OH)–C–C–N with tert-alkyl or cyclic N) is 1. The molecular formula is C33H35F2N5O4. The molecule has 1 N–H and O–H groups in total. The molecule has 3 saturated heterocycles. The van der Waals surface area contributed by atoms with Crippen LogP contribution in [-0.4, -0.2) is 82.0 Å². The maximum atomic E-state index is 16.6. The van der Waals surface area contributed by atoms with Crippen LogP contribution in [0, 0.1) is 17.6 Å². The Kier molecular flexibility index (Phi) is 7.54. The van der Waals surface area contributed by atoms with Crippen molar-refractivity contribution in [3.63, 3.8) is 0 Å². The first-order valence-electron chi connectivity index (χ1n) is 15.4. The lowest BCUT2D eigenvalue weighted by atomic mass is 9.93. The van der Waals surface area contributed by atoms with Gasteiger partial charge in [0.15, 0.2) is 5.82 Å². The van der Waals surface area contributed by atoms with Gasteiger partial charge in [0.2, 0.25) is 0 Å². The number of aromatic nitrogens is 3. The lowest BCUT2D eigenvalue weighted by Gasteiger charge is -2.36. The number of halogens is 2. The summed E-state index contributed by atoms with van der Waals surface area (Å²) in [5, 5.41) is 12.2. The summed E-state index contributed by atoms with van der Waals surface area (Å²) in [5.41, 5.74) is 0.216. The number of esters is 1. The van der Waals surface area contributed by atoms with Crippen LogP contribution in [0.5, 0.6) is 6.01 Å². The van der Waals surface area contributed by atoms with Gasteiger partial charge in [0.05, 0.1) is 29.6 Å². The third-order valence-electron chi connectivity index (χ3n) is 9.50. The van der Waals surface area contributed by atoms with Crippen molar-refractivity contribution in [3.05, 3.63) is 54.2 Å². The van der Waals surface area contributed by atoms with Gasteiger partial charge in [-0.1, -0.05) is 30.3 Å². The monoisotopic (exact) mass is 603 g/mol. The molecule has 2 aromatic carbocycles. The van der Waals surface area contributed by atoms with E-state index < -0.39 is 29.6 Å². The highest BCUT2D eigenvalue weighted by molar-refractivity contribution is 5.99. The summed E-state index contributed by atoms with van der Waals surface area (Å²) in [4.78, 5) is 30.4. The predicted molar refractivity (Wildman–Crippen MR) is 161 cm³/mol. The van der Waals surface area contributed by atoms with E-state index in [-0.39, 0.29) is 41.3 Å². The maximum absolute atomic E-state index is 16.6. The smallest absolute Gasteiger partial charge is 0.319 e. The van der Waals surface area contributed by atoms with Crippen LogP contribution in [-0.2, 0) is 9.53 Å². The fourth-order valence-electron chi connectivity index (χ4n) is 7.32. The van der Waals surface area contributed by atoms with Crippen LogP contribution in [0.4, 0.5) is 14.6 Å². The number of carbonyl (C=O) groups is 1. The highest BCUT2D eigenvalue weighted by Gasteiger charge is 2.45. The van der Waals surface area contributed by atoms with Crippen LogP contribution in [0.1, 0.15) is 39.0 Å². The van der Waals surface area contributed by atoms with E-state index in [1.54, 1.807) is 37.3 Å². The topological polar surface area (TPSA) is 101 Å². The second-order valence-electron chi connectivity index (χ2n) is 12.0. The lowest BCUT2D eigenvalue weighted by Crippen LogP contribution is -2.47. The minimum atomic E-state index is -1.00. The first kappa shape index (κ1) is 28.8. The molecule has 0 saturated carbocycles. The quantitative estimate of drug-likeness (QED) is 0.296. The van der Waals surface area contributed by atoms with Crippen LogP contribution >= 0.6 is 0 Å². The molecule has 3 aliphatic rings. The van der Waals surface area contributed by atoms with Gasteiger partial charge >= 0.3 is 12.0 Å². The fourth-order valence-corrected chi connectivity index (χ4v) is 7.32. The fraction of sp³-hybridized carbons (Fsp3) is 0.455. The molecule has 0 spiro atoms.